The molecule has 1 N–H and O–H groups in total. The van der Waals surface area contributed by atoms with Crippen molar-refractivity contribution in [3.63, 3.8) is 0 Å². The lowest BCUT2D eigenvalue weighted by molar-refractivity contribution is 0.0164. The summed E-state index contributed by atoms with van der Waals surface area (Å²) in [6, 6.07) is 2.89. The van der Waals surface area contributed by atoms with E-state index in [9.17, 15) is 0 Å². The molecular formula is C16H25NO2. The fraction of sp³-hybridized carbons (Fsp3) is 0.750. The highest BCUT2D eigenvalue weighted by molar-refractivity contribution is 5.20. The highest BCUT2D eigenvalue weighted by Gasteiger charge is 2.21. The maximum atomic E-state index is 6.02. The molecule has 0 saturated heterocycles. The third kappa shape index (κ3) is 3.83. The molecule has 19 heavy (non-hydrogen) atoms. The second-order valence-corrected chi connectivity index (χ2v) is 6.02. The summed E-state index contributed by atoms with van der Waals surface area (Å²) in [4.78, 5) is 0. The summed E-state index contributed by atoms with van der Waals surface area (Å²) in [5.74, 6) is 2.06. The van der Waals surface area contributed by atoms with Crippen molar-refractivity contribution in [2.24, 2.45) is 0 Å². The van der Waals surface area contributed by atoms with Crippen LogP contribution in [0.25, 0.3) is 0 Å². The molecule has 2 aliphatic carbocycles. The van der Waals surface area contributed by atoms with E-state index < -0.39 is 0 Å². The van der Waals surface area contributed by atoms with Gasteiger partial charge in [-0.15, -0.1) is 0 Å². The van der Waals surface area contributed by atoms with Crippen molar-refractivity contribution < 1.29 is 9.15 Å². The molecule has 0 amide bonds. The first-order valence-corrected chi connectivity index (χ1v) is 7.74. The lowest BCUT2D eigenvalue weighted by Gasteiger charge is -2.21. The van der Waals surface area contributed by atoms with Crippen LogP contribution >= 0.6 is 0 Å². The van der Waals surface area contributed by atoms with Crippen molar-refractivity contribution in [3.05, 3.63) is 23.2 Å². The molecule has 3 rings (SSSR count). The molecule has 3 nitrogen and oxygen atoms in total. The predicted octanol–water partition coefficient (Wildman–Crippen LogP) is 3.69. The van der Waals surface area contributed by atoms with Gasteiger partial charge in [-0.1, -0.05) is 19.3 Å². The quantitative estimate of drug-likeness (QED) is 0.850. The van der Waals surface area contributed by atoms with Crippen LogP contribution in [-0.2, 0) is 17.9 Å². The van der Waals surface area contributed by atoms with Gasteiger partial charge in [0.05, 0.1) is 19.3 Å². The van der Waals surface area contributed by atoms with Gasteiger partial charge in [-0.3, -0.25) is 0 Å². The molecule has 0 unspecified atom stereocenters. The van der Waals surface area contributed by atoms with Crippen LogP contribution in [0.5, 0.6) is 0 Å². The van der Waals surface area contributed by atoms with Crippen molar-refractivity contribution in [2.45, 2.75) is 77.2 Å². The number of rotatable bonds is 6. The molecule has 3 heteroatoms. The average molecular weight is 263 g/mol. The van der Waals surface area contributed by atoms with Crippen LogP contribution in [0.15, 0.2) is 10.5 Å². The predicted molar refractivity (Wildman–Crippen MR) is 75.0 cm³/mol. The molecule has 0 atom stereocenters. The smallest absolute Gasteiger partial charge is 0.118 e. The Bertz CT molecular complexity index is 403. The van der Waals surface area contributed by atoms with E-state index in [1.165, 1.54) is 50.5 Å². The standard InChI is InChI=1S/C16H25NO2/c1-12-13(11-18-15-5-3-2-4-6-15)9-16(19-12)10-17-14-7-8-14/h9,14-15,17H,2-8,10-11H2,1H3. The minimum absolute atomic E-state index is 0.469. The molecule has 0 aliphatic heterocycles. The van der Waals surface area contributed by atoms with E-state index in [2.05, 4.69) is 11.4 Å². The van der Waals surface area contributed by atoms with Gasteiger partial charge in [-0.2, -0.15) is 0 Å². The first-order valence-electron chi connectivity index (χ1n) is 7.74. The Labute approximate surface area is 115 Å². The maximum Gasteiger partial charge on any atom is 0.118 e. The van der Waals surface area contributed by atoms with Crippen molar-refractivity contribution in [3.8, 4) is 0 Å². The molecule has 0 spiro atoms. The summed E-state index contributed by atoms with van der Waals surface area (Å²) in [5.41, 5.74) is 1.22. The van der Waals surface area contributed by atoms with E-state index in [1.807, 2.05) is 6.92 Å². The van der Waals surface area contributed by atoms with E-state index in [0.29, 0.717) is 12.7 Å². The average Bonchev–Trinajstić information content (AvgIpc) is 3.19. The highest BCUT2D eigenvalue weighted by Crippen LogP contribution is 2.24. The molecule has 2 fully saturated rings. The van der Waals surface area contributed by atoms with Crippen LogP contribution < -0.4 is 5.32 Å². The van der Waals surface area contributed by atoms with Gasteiger partial charge in [0, 0.05) is 11.6 Å². The van der Waals surface area contributed by atoms with Crippen LogP contribution in [0, 0.1) is 6.92 Å². The van der Waals surface area contributed by atoms with Gasteiger partial charge in [0.15, 0.2) is 0 Å². The maximum absolute atomic E-state index is 6.02. The Balaban J connectivity index is 1.48. The minimum atomic E-state index is 0.469. The van der Waals surface area contributed by atoms with Gasteiger partial charge in [-0.25, -0.2) is 0 Å². The molecular weight excluding hydrogens is 238 g/mol. The number of nitrogens with one attached hydrogen (secondary N) is 1. The summed E-state index contributed by atoms with van der Waals surface area (Å²) in [5, 5.41) is 3.48. The van der Waals surface area contributed by atoms with Crippen molar-refractivity contribution in [2.75, 3.05) is 0 Å². The Hall–Kier alpha value is -0.800. The van der Waals surface area contributed by atoms with Crippen molar-refractivity contribution in [1.29, 1.82) is 0 Å². The second kappa shape index (κ2) is 6.10. The Kier molecular flexibility index (Phi) is 4.24. The van der Waals surface area contributed by atoms with Gasteiger partial charge >= 0.3 is 0 Å². The van der Waals surface area contributed by atoms with Gasteiger partial charge in [0.25, 0.3) is 0 Å². The van der Waals surface area contributed by atoms with Gasteiger partial charge in [0.1, 0.15) is 11.5 Å². The van der Waals surface area contributed by atoms with E-state index in [0.717, 1.165) is 24.1 Å². The number of ether oxygens (including phenoxy) is 1. The normalized spacial score (nSPS) is 20.9. The molecule has 2 aliphatic rings. The summed E-state index contributed by atoms with van der Waals surface area (Å²) >= 11 is 0. The molecule has 2 saturated carbocycles. The number of furan rings is 1. The van der Waals surface area contributed by atoms with E-state index in [1.54, 1.807) is 0 Å². The highest BCUT2D eigenvalue weighted by atomic mass is 16.5. The Morgan fingerprint density at radius 1 is 1.21 bits per heavy atom. The number of hydrogen-bond acceptors (Lipinski definition) is 3. The summed E-state index contributed by atoms with van der Waals surface area (Å²) in [6.07, 6.45) is 9.59. The van der Waals surface area contributed by atoms with Crippen LogP contribution in [-0.4, -0.2) is 12.1 Å². The molecule has 0 bridgehead atoms. The zero-order valence-corrected chi connectivity index (χ0v) is 11.9. The number of aryl methyl sites for hydroxylation is 1. The third-order valence-electron chi connectivity index (χ3n) is 4.24. The van der Waals surface area contributed by atoms with Gasteiger partial charge < -0.3 is 14.5 Å². The molecule has 106 valence electrons. The third-order valence-corrected chi connectivity index (χ3v) is 4.24. The molecule has 1 heterocycles. The van der Waals surface area contributed by atoms with Gasteiger partial charge in [-0.05, 0) is 38.7 Å². The SMILES string of the molecule is Cc1oc(CNC2CC2)cc1COC1CCCCC1. The first-order chi connectivity index (χ1) is 9.31. The topological polar surface area (TPSA) is 34.4 Å². The largest absolute Gasteiger partial charge is 0.465 e. The molecule has 1 aromatic rings. The lowest BCUT2D eigenvalue weighted by atomic mass is 9.98. The number of hydrogen-bond donors (Lipinski definition) is 1. The second-order valence-electron chi connectivity index (χ2n) is 6.02. The van der Waals surface area contributed by atoms with Crippen LogP contribution in [0.3, 0.4) is 0 Å². The van der Waals surface area contributed by atoms with E-state index in [-0.39, 0.29) is 0 Å². The van der Waals surface area contributed by atoms with E-state index >= 15 is 0 Å². The monoisotopic (exact) mass is 263 g/mol. The van der Waals surface area contributed by atoms with Crippen molar-refractivity contribution in [1.82, 2.24) is 5.32 Å². The Morgan fingerprint density at radius 2 is 2.00 bits per heavy atom. The summed E-state index contributed by atoms with van der Waals surface area (Å²) in [6.45, 7) is 3.61. The molecule has 0 radical (unpaired) electrons. The summed E-state index contributed by atoms with van der Waals surface area (Å²) in [7, 11) is 0. The van der Waals surface area contributed by atoms with Crippen LogP contribution in [0.4, 0.5) is 0 Å². The summed E-state index contributed by atoms with van der Waals surface area (Å²) < 4.78 is 11.8. The molecule has 0 aromatic carbocycles. The lowest BCUT2D eigenvalue weighted by Crippen LogP contribution is -2.16. The van der Waals surface area contributed by atoms with Crippen molar-refractivity contribution >= 4 is 0 Å². The zero-order valence-electron chi connectivity index (χ0n) is 11.9. The Morgan fingerprint density at radius 3 is 2.74 bits per heavy atom. The van der Waals surface area contributed by atoms with E-state index in [4.69, 9.17) is 9.15 Å². The zero-order chi connectivity index (χ0) is 13.1. The van der Waals surface area contributed by atoms with Crippen LogP contribution in [0.2, 0.25) is 0 Å². The van der Waals surface area contributed by atoms with Gasteiger partial charge in [0.2, 0.25) is 0 Å². The fourth-order valence-corrected chi connectivity index (χ4v) is 2.79. The molecule has 1 aromatic heterocycles. The fourth-order valence-electron chi connectivity index (χ4n) is 2.79. The first kappa shape index (κ1) is 13.2. The minimum Gasteiger partial charge on any atom is -0.465 e. The van der Waals surface area contributed by atoms with Crippen LogP contribution in [0.1, 0.15) is 62.0 Å².